The average molecular weight is 235 g/mol. The maximum atomic E-state index is 14.0. The second kappa shape index (κ2) is 4.57. The molecule has 0 radical (unpaired) electrons. The van der Waals surface area contributed by atoms with Gasteiger partial charge >= 0.3 is 5.97 Å². The summed E-state index contributed by atoms with van der Waals surface area (Å²) in [6.07, 6.45) is -1.78. The van der Waals surface area contributed by atoms with Crippen LogP contribution in [0.25, 0.3) is 10.9 Å². The number of carbonyl (C=O) groups excluding carboxylic acids is 1. The second-order valence-electron chi connectivity index (χ2n) is 3.80. The van der Waals surface area contributed by atoms with Crippen molar-refractivity contribution in [2.24, 2.45) is 0 Å². The van der Waals surface area contributed by atoms with Gasteiger partial charge in [-0.1, -0.05) is 18.2 Å². The van der Waals surface area contributed by atoms with Crippen molar-refractivity contribution in [3.8, 4) is 0 Å². The normalized spacial score (nSPS) is 12.6. The summed E-state index contributed by atoms with van der Waals surface area (Å²) in [5.74, 6) is -0.850. The molecular weight excluding hydrogens is 221 g/mol. The number of aryl methyl sites for hydroxylation is 1. The highest BCUT2D eigenvalue weighted by Crippen LogP contribution is 2.25. The van der Waals surface area contributed by atoms with Crippen molar-refractivity contribution in [2.45, 2.75) is 20.1 Å². The van der Waals surface area contributed by atoms with E-state index in [0.29, 0.717) is 11.2 Å². The van der Waals surface area contributed by atoms with Crippen LogP contribution in [-0.2, 0) is 9.53 Å². The number of hydrogen-bond donors (Lipinski definition) is 0. The van der Waals surface area contributed by atoms with Crippen LogP contribution >= 0.6 is 0 Å². The Labute approximate surface area is 98.8 Å². The number of ether oxygens (including phenoxy) is 1. The first-order chi connectivity index (χ1) is 8.15. The molecule has 0 fully saturated rings. The topological polar surface area (TPSA) is 31.2 Å². The third kappa shape index (κ3) is 2.02. The number of para-hydroxylation sites is 1. The van der Waals surface area contributed by atoms with Gasteiger partial charge in [-0.05, 0) is 31.4 Å². The molecule has 0 spiro atoms. The van der Waals surface area contributed by atoms with E-state index in [-0.39, 0.29) is 6.61 Å². The van der Waals surface area contributed by atoms with Gasteiger partial charge in [0.15, 0.2) is 0 Å². The van der Waals surface area contributed by atoms with Gasteiger partial charge < -0.3 is 9.30 Å². The lowest BCUT2D eigenvalue weighted by Gasteiger charge is -2.12. The number of aromatic nitrogens is 1. The minimum Gasteiger partial charge on any atom is -0.462 e. The van der Waals surface area contributed by atoms with E-state index in [1.54, 1.807) is 19.9 Å². The Morgan fingerprint density at radius 3 is 2.88 bits per heavy atom. The highest BCUT2D eigenvalue weighted by atomic mass is 19.1. The fourth-order valence-corrected chi connectivity index (χ4v) is 1.93. The maximum Gasteiger partial charge on any atom is 0.362 e. The molecule has 0 aliphatic carbocycles. The van der Waals surface area contributed by atoms with Crippen molar-refractivity contribution >= 4 is 16.9 Å². The Morgan fingerprint density at radius 2 is 2.18 bits per heavy atom. The van der Waals surface area contributed by atoms with Crippen molar-refractivity contribution in [2.75, 3.05) is 6.61 Å². The number of fused-ring (bicyclic) bond motifs is 1. The Hall–Kier alpha value is -1.84. The first kappa shape index (κ1) is 11.6. The predicted molar refractivity (Wildman–Crippen MR) is 63.5 cm³/mol. The van der Waals surface area contributed by atoms with Crippen LogP contribution in [0.4, 0.5) is 4.39 Å². The van der Waals surface area contributed by atoms with Gasteiger partial charge in [-0.2, -0.15) is 0 Å². The SMILES string of the molecule is CCOC(=O)C(F)n1c(C)cc2ccccc21. The second-order valence-corrected chi connectivity index (χ2v) is 3.80. The summed E-state index contributed by atoms with van der Waals surface area (Å²) in [5.41, 5.74) is 1.40. The molecule has 17 heavy (non-hydrogen) atoms. The summed E-state index contributed by atoms with van der Waals surface area (Å²) in [6, 6.07) is 9.21. The summed E-state index contributed by atoms with van der Waals surface area (Å²) in [7, 11) is 0. The Balaban J connectivity index is 2.47. The van der Waals surface area contributed by atoms with E-state index in [0.717, 1.165) is 5.39 Å². The third-order valence-electron chi connectivity index (χ3n) is 2.65. The lowest BCUT2D eigenvalue weighted by molar-refractivity contribution is -0.152. The van der Waals surface area contributed by atoms with Gasteiger partial charge in [0.2, 0.25) is 0 Å². The van der Waals surface area contributed by atoms with Crippen molar-refractivity contribution < 1.29 is 13.9 Å². The molecule has 1 aromatic heterocycles. The highest BCUT2D eigenvalue weighted by molar-refractivity contribution is 5.84. The van der Waals surface area contributed by atoms with Crippen LogP contribution in [0.5, 0.6) is 0 Å². The van der Waals surface area contributed by atoms with Crippen molar-refractivity contribution in [3.05, 3.63) is 36.0 Å². The molecule has 1 aromatic carbocycles. The van der Waals surface area contributed by atoms with Crippen LogP contribution in [0.15, 0.2) is 30.3 Å². The molecule has 0 saturated carbocycles. The molecule has 0 amide bonds. The van der Waals surface area contributed by atoms with Crippen molar-refractivity contribution in [1.29, 1.82) is 0 Å². The molecule has 1 unspecified atom stereocenters. The summed E-state index contributed by atoms with van der Waals surface area (Å²) >= 11 is 0. The van der Waals surface area contributed by atoms with Gasteiger partial charge in [0, 0.05) is 5.69 Å². The van der Waals surface area contributed by atoms with Crippen LogP contribution in [0.3, 0.4) is 0 Å². The first-order valence-corrected chi connectivity index (χ1v) is 5.52. The molecular formula is C13H14FNO2. The Morgan fingerprint density at radius 1 is 1.47 bits per heavy atom. The van der Waals surface area contributed by atoms with Crippen LogP contribution in [0.2, 0.25) is 0 Å². The molecule has 0 bridgehead atoms. The standard InChI is InChI=1S/C13H14FNO2/c1-3-17-13(16)12(14)15-9(2)8-10-6-4-5-7-11(10)15/h4-8,12H,3H2,1-2H3. The zero-order valence-corrected chi connectivity index (χ0v) is 9.81. The zero-order chi connectivity index (χ0) is 12.4. The van der Waals surface area contributed by atoms with E-state index in [9.17, 15) is 9.18 Å². The van der Waals surface area contributed by atoms with Crippen LogP contribution in [-0.4, -0.2) is 17.1 Å². The molecule has 0 aliphatic heterocycles. The van der Waals surface area contributed by atoms with Gasteiger partial charge in [0.05, 0.1) is 12.1 Å². The van der Waals surface area contributed by atoms with Gasteiger partial charge in [-0.3, -0.25) is 0 Å². The van der Waals surface area contributed by atoms with Crippen molar-refractivity contribution in [3.63, 3.8) is 0 Å². The van der Waals surface area contributed by atoms with Gasteiger partial charge in [0.25, 0.3) is 6.30 Å². The van der Waals surface area contributed by atoms with E-state index >= 15 is 0 Å². The van der Waals surface area contributed by atoms with E-state index in [1.807, 2.05) is 24.3 Å². The molecule has 2 rings (SSSR count). The monoisotopic (exact) mass is 235 g/mol. The molecule has 90 valence electrons. The fourth-order valence-electron chi connectivity index (χ4n) is 1.93. The molecule has 0 N–H and O–H groups in total. The highest BCUT2D eigenvalue weighted by Gasteiger charge is 2.23. The van der Waals surface area contributed by atoms with E-state index in [1.165, 1.54) is 4.57 Å². The lowest BCUT2D eigenvalue weighted by atomic mass is 10.2. The van der Waals surface area contributed by atoms with Gasteiger partial charge in [-0.25, -0.2) is 9.18 Å². The first-order valence-electron chi connectivity index (χ1n) is 5.52. The summed E-state index contributed by atoms with van der Waals surface area (Å²) < 4.78 is 20.1. The maximum absolute atomic E-state index is 14.0. The predicted octanol–water partition coefficient (Wildman–Crippen LogP) is 2.98. The minimum atomic E-state index is -1.78. The molecule has 2 aromatic rings. The Kier molecular flexibility index (Phi) is 3.13. The molecule has 0 saturated heterocycles. The van der Waals surface area contributed by atoms with Crippen LogP contribution < -0.4 is 0 Å². The van der Waals surface area contributed by atoms with Gasteiger partial charge in [0.1, 0.15) is 0 Å². The lowest BCUT2D eigenvalue weighted by Crippen LogP contribution is -2.18. The summed E-state index contributed by atoms with van der Waals surface area (Å²) in [5, 5.41) is 0.914. The number of hydrogen-bond acceptors (Lipinski definition) is 2. The smallest absolute Gasteiger partial charge is 0.362 e. The molecule has 1 atom stereocenters. The quantitative estimate of drug-likeness (QED) is 0.766. The van der Waals surface area contributed by atoms with Crippen molar-refractivity contribution in [1.82, 2.24) is 4.57 Å². The van der Waals surface area contributed by atoms with E-state index in [4.69, 9.17) is 4.74 Å². The minimum absolute atomic E-state index is 0.178. The average Bonchev–Trinajstić information content (AvgIpc) is 2.64. The Bertz CT molecular complexity index is 547. The van der Waals surface area contributed by atoms with E-state index < -0.39 is 12.3 Å². The number of benzene rings is 1. The number of halogens is 1. The molecule has 3 nitrogen and oxygen atoms in total. The number of alkyl halides is 1. The summed E-state index contributed by atoms with van der Waals surface area (Å²) in [6.45, 7) is 3.61. The largest absolute Gasteiger partial charge is 0.462 e. The molecule has 4 heteroatoms. The van der Waals surface area contributed by atoms with Crippen LogP contribution in [0, 0.1) is 6.92 Å². The number of carbonyl (C=O) groups is 1. The number of rotatable bonds is 3. The zero-order valence-electron chi connectivity index (χ0n) is 9.81. The number of esters is 1. The molecule has 0 aliphatic rings. The van der Waals surface area contributed by atoms with Gasteiger partial charge in [-0.15, -0.1) is 0 Å². The summed E-state index contributed by atoms with van der Waals surface area (Å²) in [4.78, 5) is 11.4. The van der Waals surface area contributed by atoms with Crippen LogP contribution in [0.1, 0.15) is 18.9 Å². The number of nitrogens with zero attached hydrogens (tertiary/aromatic N) is 1. The van der Waals surface area contributed by atoms with E-state index in [2.05, 4.69) is 0 Å². The molecule has 1 heterocycles. The fraction of sp³-hybridized carbons (Fsp3) is 0.308. The third-order valence-corrected chi connectivity index (χ3v) is 2.65.